The van der Waals surface area contributed by atoms with E-state index in [0.717, 1.165) is 11.1 Å². The molecule has 2 aromatic carbocycles. The summed E-state index contributed by atoms with van der Waals surface area (Å²) < 4.78 is 15.3. The zero-order valence-electron chi connectivity index (χ0n) is 12.2. The Morgan fingerprint density at radius 1 is 1.05 bits per heavy atom. The highest BCUT2D eigenvalue weighted by Crippen LogP contribution is 2.38. The van der Waals surface area contributed by atoms with Crippen LogP contribution in [0.15, 0.2) is 36.4 Å². The molecule has 0 unspecified atom stereocenters. The summed E-state index contributed by atoms with van der Waals surface area (Å²) in [5.41, 5.74) is 8.45. The monoisotopic (exact) mass is 287 g/mol. The lowest BCUT2D eigenvalue weighted by Crippen LogP contribution is -2.06. The molecule has 0 atom stereocenters. The average Bonchev–Trinajstić information content (AvgIpc) is 2.53. The molecule has 5 heteroatoms. The van der Waals surface area contributed by atoms with Crippen LogP contribution in [-0.4, -0.2) is 27.3 Å². The molecular weight excluding hydrogens is 270 g/mol. The minimum absolute atomic E-state index is 0.289. The van der Waals surface area contributed by atoms with Gasteiger partial charge in [-0.05, 0) is 23.8 Å². The molecule has 2 N–H and O–H groups in total. The smallest absolute Gasteiger partial charge is 0.341 e. The number of ether oxygens (including phenoxy) is 3. The van der Waals surface area contributed by atoms with Crippen molar-refractivity contribution in [3.8, 4) is 22.6 Å². The van der Waals surface area contributed by atoms with E-state index < -0.39 is 5.97 Å². The summed E-state index contributed by atoms with van der Waals surface area (Å²) in [6.45, 7) is 0. The van der Waals surface area contributed by atoms with Crippen molar-refractivity contribution in [2.45, 2.75) is 0 Å². The van der Waals surface area contributed by atoms with Gasteiger partial charge in [-0.25, -0.2) is 4.79 Å². The molecule has 5 nitrogen and oxygen atoms in total. The van der Waals surface area contributed by atoms with Crippen LogP contribution in [0.2, 0.25) is 0 Å². The maximum Gasteiger partial charge on any atom is 0.341 e. The van der Waals surface area contributed by atoms with Crippen LogP contribution in [0.4, 0.5) is 5.69 Å². The third-order valence-electron chi connectivity index (χ3n) is 3.16. The molecule has 21 heavy (non-hydrogen) atoms. The van der Waals surface area contributed by atoms with E-state index in [-0.39, 0.29) is 5.56 Å². The van der Waals surface area contributed by atoms with Crippen LogP contribution in [0.25, 0.3) is 11.1 Å². The Morgan fingerprint density at radius 3 is 2.33 bits per heavy atom. The van der Waals surface area contributed by atoms with Gasteiger partial charge in [-0.3, -0.25) is 0 Å². The Balaban J connectivity index is 2.69. The lowest BCUT2D eigenvalue weighted by atomic mass is 10.00. The fraction of sp³-hybridized carbons (Fsp3) is 0.188. The van der Waals surface area contributed by atoms with Crippen LogP contribution < -0.4 is 15.2 Å². The molecule has 110 valence electrons. The first-order valence-electron chi connectivity index (χ1n) is 6.31. The van der Waals surface area contributed by atoms with E-state index in [1.165, 1.54) is 21.3 Å². The molecule has 2 aromatic rings. The molecule has 0 radical (unpaired) electrons. The maximum atomic E-state index is 11.9. The quantitative estimate of drug-likeness (QED) is 0.691. The zero-order valence-corrected chi connectivity index (χ0v) is 12.2. The summed E-state index contributed by atoms with van der Waals surface area (Å²) in [6.07, 6.45) is 0. The van der Waals surface area contributed by atoms with Gasteiger partial charge in [-0.15, -0.1) is 0 Å². The highest BCUT2D eigenvalue weighted by Gasteiger charge is 2.20. The molecule has 0 aromatic heterocycles. The molecule has 0 fully saturated rings. The Hall–Kier alpha value is -2.69. The van der Waals surface area contributed by atoms with E-state index in [1.807, 2.05) is 18.2 Å². The molecule has 0 aliphatic carbocycles. The number of carbonyl (C=O) groups excluding carboxylic acids is 1. The van der Waals surface area contributed by atoms with Crippen molar-refractivity contribution in [2.75, 3.05) is 27.1 Å². The summed E-state index contributed by atoms with van der Waals surface area (Å²) in [6, 6.07) is 10.8. The fourth-order valence-corrected chi connectivity index (χ4v) is 2.14. The molecular formula is C16H17NO4. The zero-order chi connectivity index (χ0) is 15.4. The van der Waals surface area contributed by atoms with Gasteiger partial charge < -0.3 is 19.9 Å². The van der Waals surface area contributed by atoms with Crippen molar-refractivity contribution in [1.82, 2.24) is 0 Å². The average molecular weight is 287 g/mol. The third-order valence-corrected chi connectivity index (χ3v) is 3.16. The lowest BCUT2D eigenvalue weighted by Gasteiger charge is -2.14. The van der Waals surface area contributed by atoms with Crippen LogP contribution in [0.5, 0.6) is 11.5 Å². The minimum Gasteiger partial charge on any atom is -0.493 e. The Labute approximate surface area is 123 Å². The number of para-hydroxylation sites is 1. The normalized spacial score (nSPS) is 10.0. The number of anilines is 1. The Morgan fingerprint density at radius 2 is 1.76 bits per heavy atom. The lowest BCUT2D eigenvalue weighted by molar-refractivity contribution is 0.0596. The Bertz CT molecular complexity index is 667. The molecule has 0 saturated heterocycles. The highest BCUT2D eigenvalue weighted by atomic mass is 16.5. The molecule has 0 heterocycles. The number of hydrogen-bond acceptors (Lipinski definition) is 5. The Kier molecular flexibility index (Phi) is 4.33. The molecule has 0 aliphatic rings. The van der Waals surface area contributed by atoms with E-state index in [1.54, 1.807) is 18.2 Å². The summed E-state index contributed by atoms with van der Waals surface area (Å²) >= 11 is 0. The van der Waals surface area contributed by atoms with E-state index >= 15 is 0 Å². The van der Waals surface area contributed by atoms with Gasteiger partial charge in [0.25, 0.3) is 0 Å². The number of esters is 1. The topological polar surface area (TPSA) is 70.8 Å². The van der Waals surface area contributed by atoms with Gasteiger partial charge in [-0.1, -0.05) is 18.2 Å². The van der Waals surface area contributed by atoms with Gasteiger partial charge in [0.1, 0.15) is 5.56 Å². The van der Waals surface area contributed by atoms with Gasteiger partial charge in [0.15, 0.2) is 11.5 Å². The SMILES string of the molecule is COC(=O)c1cc(-c2ccccc2N)cc(OC)c1OC. The van der Waals surface area contributed by atoms with Crippen LogP contribution in [0.1, 0.15) is 10.4 Å². The number of rotatable bonds is 4. The molecule has 0 amide bonds. The second-order valence-electron chi connectivity index (χ2n) is 4.34. The van der Waals surface area contributed by atoms with Crippen LogP contribution in [0, 0.1) is 0 Å². The van der Waals surface area contributed by atoms with Crippen molar-refractivity contribution in [3.63, 3.8) is 0 Å². The number of nitrogen functional groups attached to an aromatic ring is 1. The summed E-state index contributed by atoms with van der Waals surface area (Å²) in [4.78, 5) is 11.9. The van der Waals surface area contributed by atoms with Gasteiger partial charge in [0.2, 0.25) is 0 Å². The number of methoxy groups -OCH3 is 3. The number of nitrogens with two attached hydrogens (primary N) is 1. The largest absolute Gasteiger partial charge is 0.493 e. The summed E-state index contributed by atoms with van der Waals surface area (Å²) in [7, 11) is 4.30. The highest BCUT2D eigenvalue weighted by molar-refractivity contribution is 5.96. The van der Waals surface area contributed by atoms with E-state index in [0.29, 0.717) is 17.2 Å². The van der Waals surface area contributed by atoms with Crippen molar-refractivity contribution in [3.05, 3.63) is 42.0 Å². The first-order chi connectivity index (χ1) is 10.1. The second-order valence-corrected chi connectivity index (χ2v) is 4.34. The first kappa shape index (κ1) is 14.7. The van der Waals surface area contributed by atoms with Crippen LogP contribution in [-0.2, 0) is 4.74 Å². The predicted molar refractivity (Wildman–Crippen MR) is 80.7 cm³/mol. The molecule has 0 spiro atoms. The predicted octanol–water partition coefficient (Wildman–Crippen LogP) is 2.74. The first-order valence-corrected chi connectivity index (χ1v) is 6.31. The number of benzene rings is 2. The number of carbonyl (C=O) groups is 1. The van der Waals surface area contributed by atoms with Gasteiger partial charge in [0.05, 0.1) is 21.3 Å². The molecule has 0 bridgehead atoms. The molecule has 2 rings (SSSR count). The minimum atomic E-state index is -0.499. The van der Waals surface area contributed by atoms with Gasteiger partial charge in [-0.2, -0.15) is 0 Å². The maximum absolute atomic E-state index is 11.9. The van der Waals surface area contributed by atoms with Crippen molar-refractivity contribution < 1.29 is 19.0 Å². The third kappa shape index (κ3) is 2.76. The fourth-order valence-electron chi connectivity index (χ4n) is 2.14. The van der Waals surface area contributed by atoms with E-state index in [2.05, 4.69) is 0 Å². The molecule has 0 aliphatic heterocycles. The van der Waals surface area contributed by atoms with Gasteiger partial charge >= 0.3 is 5.97 Å². The van der Waals surface area contributed by atoms with E-state index in [4.69, 9.17) is 19.9 Å². The van der Waals surface area contributed by atoms with Gasteiger partial charge in [0, 0.05) is 11.3 Å². The van der Waals surface area contributed by atoms with Crippen molar-refractivity contribution >= 4 is 11.7 Å². The van der Waals surface area contributed by atoms with E-state index in [9.17, 15) is 4.79 Å². The van der Waals surface area contributed by atoms with Crippen molar-refractivity contribution in [2.24, 2.45) is 0 Å². The standard InChI is InChI=1S/C16H17NO4/c1-19-14-9-10(11-6-4-5-7-13(11)17)8-12(15(14)20-2)16(18)21-3/h4-9H,17H2,1-3H3. The summed E-state index contributed by atoms with van der Waals surface area (Å²) in [5.74, 6) is 0.280. The van der Waals surface area contributed by atoms with Crippen LogP contribution in [0.3, 0.4) is 0 Å². The number of hydrogen-bond donors (Lipinski definition) is 1. The summed E-state index contributed by atoms with van der Waals surface area (Å²) in [5, 5.41) is 0. The van der Waals surface area contributed by atoms with Crippen LogP contribution >= 0.6 is 0 Å². The molecule has 0 saturated carbocycles. The van der Waals surface area contributed by atoms with Crippen molar-refractivity contribution in [1.29, 1.82) is 0 Å². The second kappa shape index (κ2) is 6.17.